The van der Waals surface area contributed by atoms with Crippen molar-refractivity contribution in [3.05, 3.63) is 0 Å². The van der Waals surface area contributed by atoms with Gasteiger partial charge in [0.05, 0.1) is 12.2 Å². The van der Waals surface area contributed by atoms with Gasteiger partial charge in [0.15, 0.2) is 6.29 Å². The van der Waals surface area contributed by atoms with Gasteiger partial charge in [-0.1, -0.05) is 0 Å². The first kappa shape index (κ1) is 8.68. The lowest BCUT2D eigenvalue weighted by atomic mass is 10.1. The van der Waals surface area contributed by atoms with Crippen LogP contribution in [0.5, 0.6) is 0 Å². The molecule has 0 bridgehead atoms. The van der Waals surface area contributed by atoms with Crippen LogP contribution in [0.25, 0.3) is 0 Å². The Morgan fingerprint density at radius 1 is 1.45 bits per heavy atom. The second-order valence-corrected chi connectivity index (χ2v) is 2.91. The van der Waals surface area contributed by atoms with Crippen LogP contribution in [-0.4, -0.2) is 24.8 Å². The summed E-state index contributed by atoms with van der Waals surface area (Å²) in [6.07, 6.45) is 2.31. The molecular formula is C8H14O3. The Morgan fingerprint density at radius 2 is 2.18 bits per heavy atom. The Bertz CT molecular complexity index is 125. The summed E-state index contributed by atoms with van der Waals surface area (Å²) in [4.78, 5) is 10.2. The normalized spacial score (nSPS) is 38.5. The van der Waals surface area contributed by atoms with E-state index in [2.05, 4.69) is 0 Å². The van der Waals surface area contributed by atoms with E-state index in [1.165, 1.54) is 0 Å². The van der Waals surface area contributed by atoms with Crippen molar-refractivity contribution in [1.29, 1.82) is 0 Å². The fourth-order valence-corrected chi connectivity index (χ4v) is 1.37. The van der Waals surface area contributed by atoms with Crippen molar-refractivity contribution >= 4 is 6.29 Å². The van der Waals surface area contributed by atoms with Crippen LogP contribution in [0.2, 0.25) is 0 Å². The van der Waals surface area contributed by atoms with Crippen LogP contribution in [0.15, 0.2) is 0 Å². The van der Waals surface area contributed by atoms with E-state index >= 15 is 0 Å². The van der Waals surface area contributed by atoms with Gasteiger partial charge in [-0.3, -0.25) is 0 Å². The Hall–Kier alpha value is -0.410. The van der Waals surface area contributed by atoms with Crippen LogP contribution in [0.4, 0.5) is 0 Å². The number of carbonyl (C=O) groups is 1. The highest BCUT2D eigenvalue weighted by atomic mass is 16.7. The number of hydrogen-bond donors (Lipinski definition) is 0. The molecule has 0 unspecified atom stereocenters. The minimum absolute atomic E-state index is 0.0613. The predicted octanol–water partition coefficient (Wildman–Crippen LogP) is 1.12. The van der Waals surface area contributed by atoms with Crippen LogP contribution >= 0.6 is 0 Å². The van der Waals surface area contributed by atoms with E-state index in [1.807, 2.05) is 13.8 Å². The minimum Gasteiger partial charge on any atom is -0.350 e. The van der Waals surface area contributed by atoms with Gasteiger partial charge >= 0.3 is 0 Å². The van der Waals surface area contributed by atoms with Crippen LogP contribution in [0.1, 0.15) is 26.7 Å². The Morgan fingerprint density at radius 3 is 2.73 bits per heavy atom. The van der Waals surface area contributed by atoms with E-state index < -0.39 is 0 Å². The summed E-state index contributed by atoms with van der Waals surface area (Å²) in [7, 11) is 0. The highest BCUT2D eigenvalue weighted by Crippen LogP contribution is 2.19. The largest absolute Gasteiger partial charge is 0.350 e. The number of rotatable bonds is 2. The van der Waals surface area contributed by atoms with Crippen LogP contribution < -0.4 is 0 Å². The first-order valence-electron chi connectivity index (χ1n) is 3.97. The molecule has 0 aromatic heterocycles. The molecule has 0 aliphatic carbocycles. The number of carbonyl (C=O) groups excluding carboxylic acids is 1. The molecular weight excluding hydrogens is 144 g/mol. The topological polar surface area (TPSA) is 35.5 Å². The molecule has 64 valence electrons. The summed E-state index contributed by atoms with van der Waals surface area (Å²) in [5, 5.41) is 0. The quantitative estimate of drug-likeness (QED) is 0.565. The molecule has 1 rings (SSSR count). The van der Waals surface area contributed by atoms with E-state index in [-0.39, 0.29) is 18.5 Å². The van der Waals surface area contributed by atoms with E-state index in [4.69, 9.17) is 9.47 Å². The zero-order valence-electron chi connectivity index (χ0n) is 6.95. The van der Waals surface area contributed by atoms with Crippen LogP contribution in [0.3, 0.4) is 0 Å². The summed E-state index contributed by atoms with van der Waals surface area (Å²) in [6, 6.07) is 0. The summed E-state index contributed by atoms with van der Waals surface area (Å²) in [5.41, 5.74) is 0. The third-order valence-electron chi connectivity index (χ3n) is 1.76. The van der Waals surface area contributed by atoms with E-state index in [0.717, 1.165) is 12.7 Å². The summed E-state index contributed by atoms with van der Waals surface area (Å²) in [6.45, 7) is 3.85. The van der Waals surface area contributed by atoms with Crippen molar-refractivity contribution in [2.24, 2.45) is 0 Å². The molecule has 0 radical (unpaired) electrons. The molecule has 1 fully saturated rings. The molecule has 0 amide bonds. The highest BCUT2D eigenvalue weighted by Gasteiger charge is 2.23. The lowest BCUT2D eigenvalue weighted by molar-refractivity contribution is -0.228. The predicted molar refractivity (Wildman–Crippen MR) is 40.2 cm³/mol. The second-order valence-electron chi connectivity index (χ2n) is 2.91. The van der Waals surface area contributed by atoms with Crippen LogP contribution in [0, 0.1) is 0 Å². The monoisotopic (exact) mass is 158 g/mol. The third kappa shape index (κ3) is 2.60. The van der Waals surface area contributed by atoms with Crippen molar-refractivity contribution in [2.45, 2.75) is 45.2 Å². The number of ether oxygens (including phenoxy) is 2. The van der Waals surface area contributed by atoms with Gasteiger partial charge in [-0.2, -0.15) is 0 Å². The van der Waals surface area contributed by atoms with E-state index in [0.29, 0.717) is 6.42 Å². The molecule has 11 heavy (non-hydrogen) atoms. The molecule has 3 nitrogen and oxygen atoms in total. The number of hydrogen-bond acceptors (Lipinski definition) is 3. The van der Waals surface area contributed by atoms with Crippen molar-refractivity contribution in [2.75, 3.05) is 0 Å². The van der Waals surface area contributed by atoms with Gasteiger partial charge in [-0.05, 0) is 13.8 Å². The third-order valence-corrected chi connectivity index (χ3v) is 1.76. The standard InChI is InChI=1S/C8H14O3/c1-6-5-8(3-4-9)11-7(2)10-6/h4,6-8H,3,5H2,1-2H3/t6-,7-,8+/m1/s1. The van der Waals surface area contributed by atoms with Gasteiger partial charge in [0.25, 0.3) is 0 Å². The van der Waals surface area contributed by atoms with Crippen molar-refractivity contribution in [3.63, 3.8) is 0 Å². The van der Waals surface area contributed by atoms with Crippen molar-refractivity contribution in [1.82, 2.24) is 0 Å². The first-order chi connectivity index (χ1) is 5.22. The Balaban J connectivity index is 2.36. The van der Waals surface area contributed by atoms with Gasteiger partial charge in [-0.15, -0.1) is 0 Å². The Kier molecular flexibility index (Phi) is 3.02. The smallest absolute Gasteiger partial charge is 0.155 e. The van der Waals surface area contributed by atoms with E-state index in [1.54, 1.807) is 0 Å². The molecule has 0 aromatic carbocycles. The fourth-order valence-electron chi connectivity index (χ4n) is 1.37. The number of aldehydes is 1. The maximum Gasteiger partial charge on any atom is 0.155 e. The molecule has 1 heterocycles. The average Bonchev–Trinajstić information content (AvgIpc) is 1.85. The zero-order valence-corrected chi connectivity index (χ0v) is 6.95. The fraction of sp³-hybridized carbons (Fsp3) is 0.875. The lowest BCUT2D eigenvalue weighted by Gasteiger charge is -2.31. The minimum atomic E-state index is -0.163. The molecule has 3 heteroatoms. The molecule has 1 saturated heterocycles. The molecule has 1 aliphatic heterocycles. The van der Waals surface area contributed by atoms with Gasteiger partial charge < -0.3 is 14.3 Å². The molecule has 0 spiro atoms. The summed E-state index contributed by atoms with van der Waals surface area (Å²) < 4.78 is 10.7. The van der Waals surface area contributed by atoms with Crippen molar-refractivity contribution < 1.29 is 14.3 Å². The molecule has 1 aliphatic rings. The first-order valence-corrected chi connectivity index (χ1v) is 3.97. The average molecular weight is 158 g/mol. The summed E-state index contributed by atoms with van der Waals surface area (Å²) >= 11 is 0. The van der Waals surface area contributed by atoms with Gasteiger partial charge in [0, 0.05) is 12.8 Å². The van der Waals surface area contributed by atoms with Gasteiger partial charge in [0.2, 0.25) is 0 Å². The van der Waals surface area contributed by atoms with Gasteiger partial charge in [0.1, 0.15) is 6.29 Å². The Labute approximate surface area is 66.7 Å². The molecule has 0 aromatic rings. The second kappa shape index (κ2) is 3.83. The maximum absolute atomic E-state index is 10.2. The molecule has 0 N–H and O–H groups in total. The molecule has 0 saturated carbocycles. The lowest BCUT2D eigenvalue weighted by Crippen LogP contribution is -2.35. The molecule has 3 atom stereocenters. The van der Waals surface area contributed by atoms with E-state index in [9.17, 15) is 4.79 Å². The summed E-state index contributed by atoms with van der Waals surface area (Å²) in [5.74, 6) is 0. The van der Waals surface area contributed by atoms with Gasteiger partial charge in [-0.25, -0.2) is 0 Å². The maximum atomic E-state index is 10.2. The van der Waals surface area contributed by atoms with Crippen molar-refractivity contribution in [3.8, 4) is 0 Å². The SMILES string of the molecule is C[C@H]1O[C@@H](CC=O)C[C@@H](C)O1. The highest BCUT2D eigenvalue weighted by molar-refractivity contribution is 5.50. The van der Waals surface area contributed by atoms with Crippen LogP contribution in [-0.2, 0) is 14.3 Å². The zero-order chi connectivity index (χ0) is 8.27.